The van der Waals surface area contributed by atoms with Crippen LogP contribution in [0.15, 0.2) is 79.0 Å². The van der Waals surface area contributed by atoms with E-state index in [1.807, 2.05) is 42.5 Å². The molecule has 0 saturated heterocycles. The van der Waals surface area contributed by atoms with Gasteiger partial charge >= 0.3 is 5.97 Å². The number of carboxylic acids is 1. The summed E-state index contributed by atoms with van der Waals surface area (Å²) in [5.41, 5.74) is 6.41. The van der Waals surface area contributed by atoms with Crippen LogP contribution in [0.2, 0.25) is 0 Å². The molecule has 1 amide bonds. The van der Waals surface area contributed by atoms with E-state index in [9.17, 15) is 14.7 Å². The van der Waals surface area contributed by atoms with Gasteiger partial charge in [-0.2, -0.15) is 0 Å². The van der Waals surface area contributed by atoms with E-state index in [0.29, 0.717) is 22.5 Å². The SMILES string of the molecule is O=C(N[C@@H](Cc1c[nH]c2ccccc12)C(=O)O)c1ccc2nc(-c3ccccc3)c(C3CCCCC3)nc2c1. The summed E-state index contributed by atoms with van der Waals surface area (Å²) in [4.78, 5) is 38.6. The highest BCUT2D eigenvalue weighted by Crippen LogP contribution is 2.37. The van der Waals surface area contributed by atoms with Gasteiger partial charge in [0.1, 0.15) is 6.04 Å². The number of H-pyrrole nitrogens is 1. The van der Waals surface area contributed by atoms with Gasteiger partial charge in [-0.3, -0.25) is 4.79 Å². The van der Waals surface area contributed by atoms with Crippen LogP contribution in [-0.2, 0) is 11.2 Å². The summed E-state index contributed by atoms with van der Waals surface area (Å²) >= 11 is 0. The molecule has 0 spiro atoms. The monoisotopic (exact) mass is 518 g/mol. The topological polar surface area (TPSA) is 108 Å². The minimum absolute atomic E-state index is 0.171. The zero-order valence-corrected chi connectivity index (χ0v) is 21.6. The van der Waals surface area contributed by atoms with E-state index in [2.05, 4.69) is 22.4 Å². The molecule has 0 unspecified atom stereocenters. The fourth-order valence-corrected chi connectivity index (χ4v) is 5.64. The summed E-state index contributed by atoms with van der Waals surface area (Å²) < 4.78 is 0. The first-order valence-electron chi connectivity index (χ1n) is 13.5. The number of hydrogen-bond acceptors (Lipinski definition) is 4. The number of aromatic amines is 1. The van der Waals surface area contributed by atoms with Crippen LogP contribution in [0.4, 0.5) is 0 Å². The number of amides is 1. The van der Waals surface area contributed by atoms with E-state index < -0.39 is 17.9 Å². The highest BCUT2D eigenvalue weighted by atomic mass is 16.4. The molecule has 7 heteroatoms. The molecule has 1 fully saturated rings. The Labute approximate surface area is 226 Å². The van der Waals surface area contributed by atoms with E-state index in [1.54, 1.807) is 24.4 Å². The van der Waals surface area contributed by atoms with Crippen molar-refractivity contribution in [2.24, 2.45) is 0 Å². The molecule has 1 saturated carbocycles. The number of carbonyl (C=O) groups excluding carboxylic acids is 1. The Balaban J connectivity index is 1.31. The summed E-state index contributed by atoms with van der Waals surface area (Å²) in [5, 5.41) is 13.5. The van der Waals surface area contributed by atoms with E-state index in [0.717, 1.165) is 46.3 Å². The van der Waals surface area contributed by atoms with Crippen LogP contribution in [0.3, 0.4) is 0 Å². The Morgan fingerprint density at radius 3 is 2.49 bits per heavy atom. The third kappa shape index (κ3) is 5.12. The van der Waals surface area contributed by atoms with E-state index in [1.165, 1.54) is 19.3 Å². The molecule has 196 valence electrons. The van der Waals surface area contributed by atoms with Crippen molar-refractivity contribution in [1.82, 2.24) is 20.3 Å². The van der Waals surface area contributed by atoms with Crippen molar-refractivity contribution >= 4 is 33.8 Å². The largest absolute Gasteiger partial charge is 0.480 e. The second-order valence-corrected chi connectivity index (χ2v) is 10.3. The lowest BCUT2D eigenvalue weighted by molar-refractivity contribution is -0.139. The lowest BCUT2D eigenvalue weighted by Gasteiger charge is -2.23. The van der Waals surface area contributed by atoms with Crippen molar-refractivity contribution < 1.29 is 14.7 Å². The van der Waals surface area contributed by atoms with Crippen molar-refractivity contribution in [2.45, 2.75) is 50.5 Å². The highest BCUT2D eigenvalue weighted by Gasteiger charge is 2.25. The fourth-order valence-electron chi connectivity index (χ4n) is 5.64. The van der Waals surface area contributed by atoms with Gasteiger partial charge in [0.15, 0.2) is 0 Å². The number of para-hydroxylation sites is 1. The molecule has 0 radical (unpaired) electrons. The van der Waals surface area contributed by atoms with Gasteiger partial charge < -0.3 is 15.4 Å². The Morgan fingerprint density at radius 1 is 0.923 bits per heavy atom. The predicted octanol–water partition coefficient (Wildman–Crippen LogP) is 6.25. The van der Waals surface area contributed by atoms with Gasteiger partial charge in [-0.25, -0.2) is 14.8 Å². The molecule has 1 aliphatic carbocycles. The minimum Gasteiger partial charge on any atom is -0.480 e. The Bertz CT molecular complexity index is 1650. The number of nitrogens with one attached hydrogen (secondary N) is 2. The third-order valence-electron chi connectivity index (χ3n) is 7.69. The normalized spacial score (nSPS) is 14.9. The maximum atomic E-state index is 13.2. The number of carboxylic acid groups (broad SMARTS) is 1. The molecule has 6 rings (SSSR count). The average Bonchev–Trinajstić information content (AvgIpc) is 3.39. The number of benzene rings is 3. The summed E-state index contributed by atoms with van der Waals surface area (Å²) in [5.74, 6) is -1.20. The molecular weight excluding hydrogens is 488 g/mol. The average molecular weight is 519 g/mol. The summed E-state index contributed by atoms with van der Waals surface area (Å²) in [7, 11) is 0. The molecule has 2 aromatic heterocycles. The molecular formula is C32H30N4O3. The first kappa shape index (κ1) is 24.8. The molecule has 0 bridgehead atoms. The van der Waals surface area contributed by atoms with E-state index >= 15 is 0 Å². The quantitative estimate of drug-likeness (QED) is 0.236. The van der Waals surface area contributed by atoms with Gasteiger partial charge in [-0.05, 0) is 42.7 Å². The molecule has 3 N–H and O–H groups in total. The standard InChI is InChI=1S/C32H30N4O3/c37-31(36-28(32(38)39)18-23-19-33-25-14-8-7-13-24(23)25)22-15-16-26-27(17-22)35-30(21-11-5-2-6-12-21)29(34-26)20-9-3-1-4-10-20/h1,3-4,7-10,13-17,19,21,28,33H,2,5-6,11-12,18H2,(H,36,37)(H,38,39)/t28-/m0/s1. The second-order valence-electron chi connectivity index (χ2n) is 10.3. The Morgan fingerprint density at radius 2 is 1.69 bits per heavy atom. The van der Waals surface area contributed by atoms with Crippen LogP contribution in [0.1, 0.15) is 59.6 Å². The van der Waals surface area contributed by atoms with Crippen LogP contribution in [0.5, 0.6) is 0 Å². The van der Waals surface area contributed by atoms with Gasteiger partial charge in [0.2, 0.25) is 0 Å². The van der Waals surface area contributed by atoms with Crippen molar-refractivity contribution in [2.75, 3.05) is 0 Å². The Hall–Kier alpha value is -4.52. The number of aromatic nitrogens is 3. The number of nitrogens with zero attached hydrogens (tertiary/aromatic N) is 2. The summed E-state index contributed by atoms with van der Waals surface area (Å²) in [6.07, 6.45) is 7.72. The van der Waals surface area contributed by atoms with Gasteiger partial charge in [-0.15, -0.1) is 0 Å². The van der Waals surface area contributed by atoms with Crippen molar-refractivity contribution in [3.8, 4) is 11.3 Å². The first-order chi connectivity index (χ1) is 19.1. The van der Waals surface area contributed by atoms with Crippen LogP contribution < -0.4 is 5.32 Å². The van der Waals surface area contributed by atoms with Gasteiger partial charge in [0.05, 0.1) is 22.4 Å². The zero-order chi connectivity index (χ0) is 26.8. The zero-order valence-electron chi connectivity index (χ0n) is 21.6. The molecule has 1 aliphatic rings. The molecule has 7 nitrogen and oxygen atoms in total. The van der Waals surface area contributed by atoms with Crippen LogP contribution in [-0.4, -0.2) is 38.0 Å². The molecule has 5 aromatic rings. The number of rotatable bonds is 7. The maximum Gasteiger partial charge on any atom is 0.326 e. The number of hydrogen-bond donors (Lipinski definition) is 3. The van der Waals surface area contributed by atoms with Crippen LogP contribution >= 0.6 is 0 Å². The molecule has 2 heterocycles. The number of fused-ring (bicyclic) bond motifs is 2. The van der Waals surface area contributed by atoms with E-state index in [4.69, 9.17) is 9.97 Å². The molecule has 1 atom stereocenters. The van der Waals surface area contributed by atoms with Gasteiger partial charge in [-0.1, -0.05) is 67.8 Å². The summed E-state index contributed by atoms with van der Waals surface area (Å²) in [6.45, 7) is 0. The second kappa shape index (κ2) is 10.7. The summed E-state index contributed by atoms with van der Waals surface area (Å²) in [6, 6.07) is 22.0. The van der Waals surface area contributed by atoms with Crippen LogP contribution in [0, 0.1) is 0 Å². The third-order valence-corrected chi connectivity index (χ3v) is 7.69. The maximum absolute atomic E-state index is 13.2. The number of carbonyl (C=O) groups is 2. The smallest absolute Gasteiger partial charge is 0.326 e. The first-order valence-corrected chi connectivity index (χ1v) is 13.5. The van der Waals surface area contributed by atoms with Gasteiger partial charge in [0, 0.05) is 40.6 Å². The number of aliphatic carboxylic acids is 1. The minimum atomic E-state index is -1.08. The molecule has 3 aromatic carbocycles. The molecule has 0 aliphatic heterocycles. The lowest BCUT2D eigenvalue weighted by atomic mass is 9.85. The highest BCUT2D eigenvalue weighted by molar-refractivity contribution is 5.99. The van der Waals surface area contributed by atoms with E-state index in [-0.39, 0.29) is 6.42 Å². The fraction of sp³-hybridized carbons (Fsp3) is 0.250. The molecule has 39 heavy (non-hydrogen) atoms. The van der Waals surface area contributed by atoms with Crippen LogP contribution in [0.25, 0.3) is 33.2 Å². The van der Waals surface area contributed by atoms with Gasteiger partial charge in [0.25, 0.3) is 5.91 Å². The van der Waals surface area contributed by atoms with Crippen molar-refractivity contribution in [3.05, 3.63) is 95.8 Å². The van der Waals surface area contributed by atoms with Crippen molar-refractivity contribution in [3.63, 3.8) is 0 Å². The predicted molar refractivity (Wildman–Crippen MR) is 152 cm³/mol. The van der Waals surface area contributed by atoms with Crippen molar-refractivity contribution in [1.29, 1.82) is 0 Å². The Kier molecular flexibility index (Phi) is 6.80. The lowest BCUT2D eigenvalue weighted by Crippen LogP contribution is -2.42.